The Kier molecular flexibility index (Phi) is 5.85. The van der Waals surface area contributed by atoms with E-state index in [4.69, 9.17) is 27.7 Å². The highest BCUT2D eigenvalue weighted by Gasteiger charge is 2.25. The third-order valence-corrected chi connectivity index (χ3v) is 5.51. The van der Waals surface area contributed by atoms with Crippen molar-refractivity contribution < 1.29 is 13.7 Å². The number of aromatic nitrogens is 1. The molecule has 1 aliphatic rings. The average Bonchev–Trinajstić information content (AvgIpc) is 3.21. The van der Waals surface area contributed by atoms with Crippen LogP contribution >= 0.6 is 23.2 Å². The molecular formula is C21H18Cl2FN3O2. The molecule has 150 valence electrons. The maximum atomic E-state index is 13.1. The highest BCUT2D eigenvalue weighted by molar-refractivity contribution is 6.35. The van der Waals surface area contributed by atoms with Crippen LogP contribution in [0.15, 0.2) is 53.1 Å². The highest BCUT2D eigenvalue weighted by atomic mass is 35.5. The predicted octanol–water partition coefficient (Wildman–Crippen LogP) is 4.75. The topological polar surface area (TPSA) is 49.6 Å². The molecule has 0 bridgehead atoms. The molecule has 0 unspecified atom stereocenters. The maximum Gasteiger partial charge on any atom is 0.276 e. The second-order valence-corrected chi connectivity index (χ2v) is 7.73. The largest absolute Gasteiger partial charge is 0.355 e. The van der Waals surface area contributed by atoms with Gasteiger partial charge in [-0.25, -0.2) is 4.39 Å². The zero-order chi connectivity index (χ0) is 20.4. The molecule has 1 fully saturated rings. The lowest BCUT2D eigenvalue weighted by atomic mass is 10.1. The van der Waals surface area contributed by atoms with Crippen LogP contribution in [-0.4, -0.2) is 47.0 Å². The van der Waals surface area contributed by atoms with E-state index in [2.05, 4.69) is 10.1 Å². The van der Waals surface area contributed by atoms with Crippen molar-refractivity contribution in [2.45, 2.75) is 6.54 Å². The first kappa shape index (κ1) is 19.9. The van der Waals surface area contributed by atoms with Crippen LogP contribution in [-0.2, 0) is 6.54 Å². The number of hydrogen-bond donors (Lipinski definition) is 0. The Labute approximate surface area is 177 Å². The van der Waals surface area contributed by atoms with E-state index in [9.17, 15) is 9.18 Å². The van der Waals surface area contributed by atoms with Gasteiger partial charge in [-0.05, 0) is 42.0 Å². The number of amides is 1. The fourth-order valence-corrected chi connectivity index (χ4v) is 3.76. The summed E-state index contributed by atoms with van der Waals surface area (Å²) in [6.45, 7) is 3.34. The van der Waals surface area contributed by atoms with Crippen LogP contribution in [0.3, 0.4) is 0 Å². The van der Waals surface area contributed by atoms with Crippen LogP contribution in [0, 0.1) is 5.82 Å². The molecule has 4 rings (SSSR count). The normalized spacial score (nSPS) is 14.9. The maximum absolute atomic E-state index is 13.1. The summed E-state index contributed by atoms with van der Waals surface area (Å²) in [4.78, 5) is 16.7. The van der Waals surface area contributed by atoms with Gasteiger partial charge in [0.05, 0.1) is 0 Å². The van der Waals surface area contributed by atoms with Gasteiger partial charge in [0, 0.05) is 54.4 Å². The molecule has 0 atom stereocenters. The van der Waals surface area contributed by atoms with Crippen molar-refractivity contribution in [3.8, 4) is 11.3 Å². The van der Waals surface area contributed by atoms with E-state index in [1.165, 1.54) is 12.1 Å². The number of hydrogen-bond acceptors (Lipinski definition) is 4. The summed E-state index contributed by atoms with van der Waals surface area (Å²) in [6.07, 6.45) is 0. The summed E-state index contributed by atoms with van der Waals surface area (Å²) in [7, 11) is 0. The third kappa shape index (κ3) is 4.61. The Bertz CT molecular complexity index is 1020. The number of halogens is 3. The number of nitrogens with zero attached hydrogens (tertiary/aromatic N) is 3. The SMILES string of the molecule is O=C(c1cc(-c2ccc(F)cc2)on1)N1CCN(Cc2ccc(Cl)cc2Cl)CC1. The average molecular weight is 434 g/mol. The predicted molar refractivity (Wildman–Crippen MR) is 110 cm³/mol. The van der Waals surface area contributed by atoms with Gasteiger partial charge in [-0.1, -0.05) is 34.4 Å². The van der Waals surface area contributed by atoms with E-state index < -0.39 is 0 Å². The lowest BCUT2D eigenvalue weighted by Gasteiger charge is -2.34. The molecule has 1 saturated heterocycles. The second-order valence-electron chi connectivity index (χ2n) is 6.89. The first-order valence-corrected chi connectivity index (χ1v) is 9.93. The zero-order valence-electron chi connectivity index (χ0n) is 15.4. The molecule has 0 spiro atoms. The lowest BCUT2D eigenvalue weighted by molar-refractivity contribution is 0.0618. The van der Waals surface area contributed by atoms with Crippen molar-refractivity contribution in [2.75, 3.05) is 26.2 Å². The quantitative estimate of drug-likeness (QED) is 0.595. The van der Waals surface area contributed by atoms with E-state index in [-0.39, 0.29) is 17.4 Å². The molecule has 0 saturated carbocycles. The number of rotatable bonds is 4. The molecule has 0 aliphatic carbocycles. The summed E-state index contributed by atoms with van der Waals surface area (Å²) in [5.74, 6) is -0.0713. The van der Waals surface area contributed by atoms with Gasteiger partial charge >= 0.3 is 0 Å². The molecule has 1 aliphatic heterocycles. The standard InChI is InChI=1S/C21H18Cl2FN3O2/c22-16-4-1-15(18(23)11-16)13-26-7-9-27(10-8-26)21(28)19-12-20(29-25-19)14-2-5-17(24)6-3-14/h1-6,11-12H,7-10,13H2. The molecule has 2 aromatic carbocycles. The number of benzene rings is 2. The fraction of sp³-hybridized carbons (Fsp3) is 0.238. The Morgan fingerprint density at radius 3 is 2.45 bits per heavy atom. The molecule has 0 N–H and O–H groups in total. The summed E-state index contributed by atoms with van der Waals surface area (Å²) >= 11 is 12.2. The van der Waals surface area contributed by atoms with Crippen LogP contribution in [0.25, 0.3) is 11.3 Å². The molecule has 3 aromatic rings. The van der Waals surface area contributed by atoms with Crippen LogP contribution in [0.1, 0.15) is 16.1 Å². The van der Waals surface area contributed by atoms with Gasteiger partial charge in [0.15, 0.2) is 11.5 Å². The highest BCUT2D eigenvalue weighted by Crippen LogP contribution is 2.24. The van der Waals surface area contributed by atoms with Crippen LogP contribution in [0.2, 0.25) is 10.0 Å². The van der Waals surface area contributed by atoms with E-state index in [1.54, 1.807) is 29.2 Å². The molecule has 8 heteroatoms. The van der Waals surface area contributed by atoms with Crippen molar-refractivity contribution in [1.29, 1.82) is 0 Å². The first-order chi connectivity index (χ1) is 14.0. The minimum atomic E-state index is -0.331. The van der Waals surface area contributed by atoms with Gasteiger partial charge in [0.25, 0.3) is 5.91 Å². The van der Waals surface area contributed by atoms with E-state index >= 15 is 0 Å². The summed E-state index contributed by atoms with van der Waals surface area (Å²) in [5, 5.41) is 5.15. The van der Waals surface area contributed by atoms with E-state index in [1.807, 2.05) is 12.1 Å². The minimum Gasteiger partial charge on any atom is -0.355 e. The van der Waals surface area contributed by atoms with Gasteiger partial charge in [-0.2, -0.15) is 0 Å². The number of piperazine rings is 1. The van der Waals surface area contributed by atoms with Crippen LogP contribution < -0.4 is 0 Å². The molecule has 1 amide bonds. The summed E-state index contributed by atoms with van der Waals surface area (Å²) < 4.78 is 18.3. The fourth-order valence-electron chi connectivity index (χ4n) is 3.29. The lowest BCUT2D eigenvalue weighted by Crippen LogP contribution is -2.48. The zero-order valence-corrected chi connectivity index (χ0v) is 17.0. The minimum absolute atomic E-state index is 0.175. The third-order valence-electron chi connectivity index (χ3n) is 4.93. The van der Waals surface area contributed by atoms with Gasteiger partial charge in [0.2, 0.25) is 0 Å². The molecule has 0 radical (unpaired) electrons. The van der Waals surface area contributed by atoms with Crippen molar-refractivity contribution in [2.24, 2.45) is 0 Å². The Balaban J connectivity index is 1.36. The number of carbonyl (C=O) groups excluding carboxylic acids is 1. The van der Waals surface area contributed by atoms with Gasteiger partial charge in [-0.3, -0.25) is 9.69 Å². The molecule has 1 aromatic heterocycles. The first-order valence-electron chi connectivity index (χ1n) is 9.18. The summed E-state index contributed by atoms with van der Waals surface area (Å²) in [5.41, 5.74) is 1.93. The van der Waals surface area contributed by atoms with Crippen LogP contribution in [0.4, 0.5) is 4.39 Å². The van der Waals surface area contributed by atoms with E-state index in [0.717, 1.165) is 18.7 Å². The van der Waals surface area contributed by atoms with Crippen molar-refractivity contribution in [3.63, 3.8) is 0 Å². The summed E-state index contributed by atoms with van der Waals surface area (Å²) in [6, 6.07) is 12.9. The Morgan fingerprint density at radius 1 is 1.03 bits per heavy atom. The molecule has 2 heterocycles. The molecular weight excluding hydrogens is 416 g/mol. The van der Waals surface area contributed by atoms with Gasteiger partial charge < -0.3 is 9.42 Å². The van der Waals surface area contributed by atoms with Crippen molar-refractivity contribution in [1.82, 2.24) is 15.0 Å². The number of carbonyl (C=O) groups is 1. The van der Waals surface area contributed by atoms with Gasteiger partial charge in [-0.15, -0.1) is 0 Å². The second kappa shape index (κ2) is 8.53. The Hall–Kier alpha value is -2.41. The van der Waals surface area contributed by atoms with E-state index in [0.29, 0.717) is 41.0 Å². The Morgan fingerprint density at radius 2 is 1.76 bits per heavy atom. The molecule has 29 heavy (non-hydrogen) atoms. The van der Waals surface area contributed by atoms with Gasteiger partial charge in [0.1, 0.15) is 5.82 Å². The monoisotopic (exact) mass is 433 g/mol. The van der Waals surface area contributed by atoms with Crippen molar-refractivity contribution in [3.05, 3.63) is 75.7 Å². The van der Waals surface area contributed by atoms with Crippen molar-refractivity contribution >= 4 is 29.1 Å². The molecule has 5 nitrogen and oxygen atoms in total. The van der Waals surface area contributed by atoms with Crippen LogP contribution in [0.5, 0.6) is 0 Å². The smallest absolute Gasteiger partial charge is 0.276 e.